The fourth-order valence-electron chi connectivity index (χ4n) is 4.89. The highest BCUT2D eigenvalue weighted by Gasteiger charge is 2.20. The summed E-state index contributed by atoms with van der Waals surface area (Å²) >= 11 is 12.7. The second kappa shape index (κ2) is 15.6. The molecule has 1 amide bonds. The van der Waals surface area contributed by atoms with Crippen molar-refractivity contribution >= 4 is 51.7 Å². The first-order valence-corrected chi connectivity index (χ1v) is 15.1. The number of halogens is 3. The third kappa shape index (κ3) is 9.08. The van der Waals surface area contributed by atoms with Crippen LogP contribution in [0.15, 0.2) is 85.1 Å². The molecule has 4 aromatic rings. The van der Waals surface area contributed by atoms with Crippen LogP contribution in [0.2, 0.25) is 10.0 Å². The molecule has 230 valence electrons. The second-order valence-corrected chi connectivity index (χ2v) is 11.7. The highest BCUT2D eigenvalue weighted by Crippen LogP contribution is 2.35. The average Bonchev–Trinajstić information content (AvgIpc) is 3.00. The van der Waals surface area contributed by atoms with Crippen molar-refractivity contribution in [2.24, 2.45) is 0 Å². The smallest absolute Gasteiger partial charge is 0.246 e. The number of amides is 1. The zero-order valence-corrected chi connectivity index (χ0v) is 28.3. The van der Waals surface area contributed by atoms with Crippen LogP contribution < -0.4 is 9.47 Å². The van der Waals surface area contributed by atoms with Gasteiger partial charge in [0.25, 0.3) is 0 Å². The standard InChI is InChI=1S/C35H35Cl2N3O3.BrH/c1-24-4-6-28(7-5-24)23-42-31-12-13-33(38-21-31)43-35-26(3)18-29(20-32(35)37)25(2)19-34(41)40-16-14-39(15-17-40)22-27-8-10-30(36)11-9-27;/h4-13,18-21H,14-17,22-23H2,1-3H3;1H/b25-19-;. The molecular weight excluding hydrogens is 661 g/mol. The number of piperazine rings is 1. The minimum Gasteiger partial charge on any atom is -0.487 e. The summed E-state index contributed by atoms with van der Waals surface area (Å²) in [5, 5.41) is 1.19. The van der Waals surface area contributed by atoms with Gasteiger partial charge in [0.05, 0.1) is 11.2 Å². The van der Waals surface area contributed by atoms with Crippen molar-refractivity contribution in [3.05, 3.63) is 123 Å². The Labute approximate surface area is 280 Å². The van der Waals surface area contributed by atoms with E-state index in [1.165, 1.54) is 11.1 Å². The van der Waals surface area contributed by atoms with Crippen LogP contribution >= 0.6 is 40.2 Å². The predicted molar refractivity (Wildman–Crippen MR) is 183 cm³/mol. The molecule has 0 radical (unpaired) electrons. The molecule has 9 heteroatoms. The number of aryl methyl sites for hydroxylation is 2. The molecule has 2 heterocycles. The monoisotopic (exact) mass is 695 g/mol. The number of pyridine rings is 1. The Kier molecular flexibility index (Phi) is 11.9. The molecule has 0 N–H and O–H groups in total. The highest BCUT2D eigenvalue weighted by atomic mass is 79.9. The molecular formula is C35H36BrCl2N3O3. The SMILES string of the molecule is Br.C/C(=C/C(=O)N1CCN(Cc2ccc(Cl)cc2)CC1)c1cc(C)c(Oc2ccc(OCc3ccc(C)cc3)cn2)c(Cl)c1. The van der Waals surface area contributed by atoms with Crippen molar-refractivity contribution in [3.8, 4) is 17.4 Å². The van der Waals surface area contributed by atoms with Gasteiger partial charge in [-0.2, -0.15) is 0 Å². The molecule has 0 spiro atoms. The van der Waals surface area contributed by atoms with E-state index < -0.39 is 0 Å². The molecule has 1 aliphatic heterocycles. The van der Waals surface area contributed by atoms with E-state index in [1.807, 2.05) is 73.3 Å². The maximum absolute atomic E-state index is 13.1. The summed E-state index contributed by atoms with van der Waals surface area (Å²) in [7, 11) is 0. The molecule has 1 saturated heterocycles. The van der Waals surface area contributed by atoms with Gasteiger partial charge >= 0.3 is 0 Å². The molecule has 0 saturated carbocycles. The van der Waals surface area contributed by atoms with E-state index in [1.54, 1.807) is 18.3 Å². The van der Waals surface area contributed by atoms with Crippen LogP contribution in [0.5, 0.6) is 17.4 Å². The summed E-state index contributed by atoms with van der Waals surface area (Å²) in [5.74, 6) is 1.60. The number of hydrogen-bond donors (Lipinski definition) is 0. The van der Waals surface area contributed by atoms with E-state index in [4.69, 9.17) is 32.7 Å². The Hall–Kier alpha value is -3.36. The Morgan fingerprint density at radius 3 is 2.23 bits per heavy atom. The summed E-state index contributed by atoms with van der Waals surface area (Å²) < 4.78 is 11.9. The number of ether oxygens (including phenoxy) is 2. The molecule has 1 aromatic heterocycles. The van der Waals surface area contributed by atoms with Crippen molar-refractivity contribution < 1.29 is 14.3 Å². The molecule has 0 atom stereocenters. The third-order valence-corrected chi connectivity index (χ3v) is 8.00. The highest BCUT2D eigenvalue weighted by molar-refractivity contribution is 8.93. The van der Waals surface area contributed by atoms with E-state index in [9.17, 15) is 4.79 Å². The summed E-state index contributed by atoms with van der Waals surface area (Å²) in [5.41, 5.74) is 6.09. The minimum absolute atomic E-state index is 0. The maximum Gasteiger partial charge on any atom is 0.246 e. The lowest BCUT2D eigenvalue weighted by Crippen LogP contribution is -2.47. The number of rotatable bonds is 9. The first-order chi connectivity index (χ1) is 20.7. The number of benzene rings is 3. The van der Waals surface area contributed by atoms with Crippen LogP contribution in [-0.2, 0) is 17.9 Å². The number of hydrogen-bond acceptors (Lipinski definition) is 5. The molecule has 3 aromatic carbocycles. The van der Waals surface area contributed by atoms with Crippen LogP contribution in [0, 0.1) is 13.8 Å². The summed E-state index contributed by atoms with van der Waals surface area (Å²) in [6, 6.07) is 23.5. The average molecular weight is 698 g/mol. The molecule has 0 aliphatic carbocycles. The number of carbonyl (C=O) groups is 1. The Bertz CT molecular complexity index is 1560. The second-order valence-electron chi connectivity index (χ2n) is 10.9. The largest absolute Gasteiger partial charge is 0.487 e. The van der Waals surface area contributed by atoms with E-state index >= 15 is 0 Å². The van der Waals surface area contributed by atoms with Gasteiger partial charge in [0.15, 0.2) is 5.75 Å². The van der Waals surface area contributed by atoms with Crippen molar-refractivity contribution in [1.29, 1.82) is 0 Å². The predicted octanol–water partition coefficient (Wildman–Crippen LogP) is 8.70. The van der Waals surface area contributed by atoms with E-state index in [2.05, 4.69) is 28.9 Å². The summed E-state index contributed by atoms with van der Waals surface area (Å²) in [4.78, 5) is 21.7. The van der Waals surface area contributed by atoms with Crippen molar-refractivity contribution in [1.82, 2.24) is 14.8 Å². The van der Waals surface area contributed by atoms with Crippen LogP contribution in [-0.4, -0.2) is 46.9 Å². The zero-order valence-electron chi connectivity index (χ0n) is 25.1. The van der Waals surface area contributed by atoms with Crippen LogP contribution in [0.25, 0.3) is 5.57 Å². The van der Waals surface area contributed by atoms with Gasteiger partial charge in [-0.05, 0) is 78.9 Å². The van der Waals surface area contributed by atoms with E-state index in [0.29, 0.717) is 42.1 Å². The van der Waals surface area contributed by atoms with Crippen LogP contribution in [0.4, 0.5) is 0 Å². The fraction of sp³-hybridized carbons (Fsp3) is 0.257. The molecule has 1 aliphatic rings. The Morgan fingerprint density at radius 1 is 0.909 bits per heavy atom. The van der Waals surface area contributed by atoms with Gasteiger partial charge in [-0.1, -0.05) is 65.2 Å². The Balaban J connectivity index is 0.00000442. The van der Waals surface area contributed by atoms with Gasteiger partial charge in [0.2, 0.25) is 11.8 Å². The molecule has 6 nitrogen and oxygen atoms in total. The van der Waals surface area contributed by atoms with E-state index in [-0.39, 0.29) is 22.9 Å². The first-order valence-electron chi connectivity index (χ1n) is 14.3. The number of nitrogens with zero attached hydrogens (tertiary/aromatic N) is 3. The summed E-state index contributed by atoms with van der Waals surface area (Å²) in [6.07, 6.45) is 3.33. The maximum atomic E-state index is 13.1. The third-order valence-electron chi connectivity index (χ3n) is 7.47. The van der Waals surface area contributed by atoms with Gasteiger partial charge in [-0.25, -0.2) is 4.98 Å². The number of aromatic nitrogens is 1. The topological polar surface area (TPSA) is 54.9 Å². The van der Waals surface area contributed by atoms with Crippen molar-refractivity contribution in [3.63, 3.8) is 0 Å². The zero-order chi connectivity index (χ0) is 30.3. The summed E-state index contributed by atoms with van der Waals surface area (Å²) in [6.45, 7) is 10.2. The minimum atomic E-state index is 0. The lowest BCUT2D eigenvalue weighted by Gasteiger charge is -2.34. The van der Waals surface area contributed by atoms with Gasteiger partial charge in [-0.15, -0.1) is 17.0 Å². The molecule has 0 unspecified atom stereocenters. The lowest BCUT2D eigenvalue weighted by molar-refractivity contribution is -0.127. The van der Waals surface area contributed by atoms with Gasteiger partial charge in [-0.3, -0.25) is 9.69 Å². The molecule has 5 rings (SSSR count). The quantitative estimate of drug-likeness (QED) is 0.164. The molecule has 44 heavy (non-hydrogen) atoms. The number of carbonyl (C=O) groups excluding carboxylic acids is 1. The first kappa shape index (κ1) is 33.5. The Morgan fingerprint density at radius 2 is 1.59 bits per heavy atom. The van der Waals surface area contributed by atoms with Crippen molar-refractivity contribution in [2.75, 3.05) is 26.2 Å². The normalized spacial score (nSPS) is 13.8. The molecule has 1 fully saturated rings. The van der Waals surface area contributed by atoms with E-state index in [0.717, 1.165) is 46.9 Å². The number of allylic oxidation sites excluding steroid dienone is 1. The fourth-order valence-corrected chi connectivity index (χ4v) is 5.32. The van der Waals surface area contributed by atoms with Gasteiger partial charge in [0.1, 0.15) is 12.4 Å². The van der Waals surface area contributed by atoms with Crippen LogP contribution in [0.3, 0.4) is 0 Å². The van der Waals surface area contributed by atoms with Crippen LogP contribution in [0.1, 0.15) is 34.7 Å². The van der Waals surface area contributed by atoms with Gasteiger partial charge < -0.3 is 14.4 Å². The molecule has 0 bridgehead atoms. The van der Waals surface area contributed by atoms with Crippen molar-refractivity contribution in [2.45, 2.75) is 33.9 Å². The lowest BCUT2D eigenvalue weighted by atomic mass is 10.0. The van der Waals surface area contributed by atoms with Gasteiger partial charge in [0, 0.05) is 49.9 Å².